The van der Waals surface area contributed by atoms with Crippen molar-refractivity contribution in [2.24, 2.45) is 5.92 Å². The Morgan fingerprint density at radius 3 is 2.40 bits per heavy atom. The van der Waals surface area contributed by atoms with Crippen LogP contribution in [0.5, 0.6) is 0 Å². The SMILES string of the molecule is Cc1oc2nc1C(=O)N[C@H](C)c1nc(cs1)C(=O)N[C@H](Cc1ccccc1)CN(C(=O)c1cc(-c3ccccc3)no1)CC(=O)N[C@H]2C(C)C. The van der Waals surface area contributed by atoms with E-state index in [1.54, 1.807) is 19.2 Å². The second-order valence-electron chi connectivity index (χ2n) is 12.5. The first-order chi connectivity index (χ1) is 24.0. The molecule has 0 unspecified atom stereocenters. The highest BCUT2D eigenvalue weighted by Crippen LogP contribution is 2.26. The van der Waals surface area contributed by atoms with Gasteiger partial charge in [-0.1, -0.05) is 79.7 Å². The van der Waals surface area contributed by atoms with Gasteiger partial charge in [-0.3, -0.25) is 19.2 Å². The number of nitrogens with one attached hydrogen (secondary N) is 3. The van der Waals surface area contributed by atoms with Crippen LogP contribution in [-0.4, -0.2) is 62.8 Å². The predicted octanol–water partition coefficient (Wildman–Crippen LogP) is 4.90. The van der Waals surface area contributed by atoms with Crippen molar-refractivity contribution in [1.29, 1.82) is 0 Å². The zero-order chi connectivity index (χ0) is 35.4. The molecule has 0 spiro atoms. The van der Waals surface area contributed by atoms with Gasteiger partial charge in [0, 0.05) is 23.6 Å². The van der Waals surface area contributed by atoms with Gasteiger partial charge in [0.25, 0.3) is 17.7 Å². The van der Waals surface area contributed by atoms with Crippen LogP contribution in [0.25, 0.3) is 11.3 Å². The summed E-state index contributed by atoms with van der Waals surface area (Å²) in [6, 6.07) is 18.4. The van der Waals surface area contributed by atoms with Crippen LogP contribution in [0.3, 0.4) is 0 Å². The monoisotopic (exact) mass is 695 g/mol. The highest BCUT2D eigenvalue weighted by Gasteiger charge is 2.32. The van der Waals surface area contributed by atoms with Gasteiger partial charge in [-0.15, -0.1) is 11.3 Å². The standard InChI is InChI=1S/C36H37N7O6S/c1-20(2)30-34-41-31(22(4)48-34)33(46)37-21(3)35-39-27(19-50-35)32(45)38-25(15-23-11-7-5-8-12-23)17-43(18-29(44)40-30)36(47)28-16-26(42-49-28)24-13-9-6-10-14-24/h5-14,16,19-21,25,30H,15,17-18H2,1-4H3,(H,37,46)(H,38,45)(H,40,44)/t21-,25-,30+/m1/s1. The minimum Gasteiger partial charge on any atom is -0.443 e. The molecule has 2 aromatic carbocycles. The van der Waals surface area contributed by atoms with Crippen LogP contribution in [0.1, 0.15) is 86.6 Å². The van der Waals surface area contributed by atoms with Gasteiger partial charge in [-0.05, 0) is 31.7 Å². The molecular formula is C36H37N7O6S. The lowest BCUT2D eigenvalue weighted by molar-refractivity contribution is -0.123. The number of carbonyl (C=O) groups excluding carboxylic acids is 4. The zero-order valence-corrected chi connectivity index (χ0v) is 28.8. The fourth-order valence-corrected chi connectivity index (χ4v) is 6.47. The van der Waals surface area contributed by atoms with Crippen LogP contribution in [0.4, 0.5) is 0 Å². The number of fused-ring (bicyclic) bond motifs is 4. The van der Waals surface area contributed by atoms with Crippen molar-refractivity contribution in [1.82, 2.24) is 36.0 Å². The van der Waals surface area contributed by atoms with Crippen molar-refractivity contribution < 1.29 is 28.1 Å². The molecule has 3 aromatic heterocycles. The Hall–Kier alpha value is -5.63. The van der Waals surface area contributed by atoms with E-state index >= 15 is 0 Å². The van der Waals surface area contributed by atoms with Crippen LogP contribution < -0.4 is 16.0 Å². The second-order valence-corrected chi connectivity index (χ2v) is 13.4. The highest BCUT2D eigenvalue weighted by molar-refractivity contribution is 7.09. The average Bonchev–Trinajstić information content (AvgIpc) is 3.87. The molecule has 3 N–H and O–H groups in total. The number of carbonyl (C=O) groups is 4. The summed E-state index contributed by atoms with van der Waals surface area (Å²) in [6.07, 6.45) is 0.347. The fourth-order valence-electron chi connectivity index (χ4n) is 5.67. The Kier molecular flexibility index (Phi) is 10.2. The Labute approximate surface area is 292 Å². The second kappa shape index (κ2) is 14.9. The number of amides is 4. The van der Waals surface area contributed by atoms with Crippen molar-refractivity contribution in [3.8, 4) is 11.3 Å². The first-order valence-corrected chi connectivity index (χ1v) is 17.1. The molecule has 0 fully saturated rings. The van der Waals surface area contributed by atoms with Crippen LogP contribution in [0.15, 0.2) is 81.1 Å². The summed E-state index contributed by atoms with van der Waals surface area (Å²) in [5.41, 5.74) is 2.35. The number of rotatable bonds is 5. The van der Waals surface area contributed by atoms with Gasteiger partial charge in [-0.2, -0.15) is 0 Å². The van der Waals surface area contributed by atoms with Gasteiger partial charge in [0.15, 0.2) is 5.69 Å². The van der Waals surface area contributed by atoms with Gasteiger partial charge in [-0.25, -0.2) is 9.97 Å². The summed E-state index contributed by atoms with van der Waals surface area (Å²) in [5.74, 6) is -1.86. The molecule has 4 heterocycles. The van der Waals surface area contributed by atoms with Crippen molar-refractivity contribution in [2.45, 2.75) is 52.2 Å². The summed E-state index contributed by atoms with van der Waals surface area (Å²) >= 11 is 1.23. The number of hydrogen-bond acceptors (Lipinski definition) is 10. The molecule has 4 bridgehead atoms. The van der Waals surface area contributed by atoms with Crippen molar-refractivity contribution in [2.75, 3.05) is 13.1 Å². The summed E-state index contributed by atoms with van der Waals surface area (Å²) in [5, 5.41) is 15.1. The third kappa shape index (κ3) is 7.81. The van der Waals surface area contributed by atoms with Crippen molar-refractivity contribution >= 4 is 35.0 Å². The molecule has 1 aliphatic rings. The van der Waals surface area contributed by atoms with Crippen LogP contribution in [0, 0.1) is 12.8 Å². The lowest BCUT2D eigenvalue weighted by Crippen LogP contribution is -2.50. The lowest BCUT2D eigenvalue weighted by atomic mass is 10.0. The molecule has 0 saturated carbocycles. The Morgan fingerprint density at radius 2 is 1.68 bits per heavy atom. The van der Waals surface area contributed by atoms with E-state index in [9.17, 15) is 19.2 Å². The fraction of sp³-hybridized carbons (Fsp3) is 0.306. The van der Waals surface area contributed by atoms with E-state index in [0.29, 0.717) is 17.1 Å². The number of thiazole rings is 1. The maximum absolute atomic E-state index is 14.1. The minimum absolute atomic E-state index is 0.0493. The van der Waals surface area contributed by atoms with E-state index in [-0.39, 0.29) is 41.3 Å². The van der Waals surface area contributed by atoms with Gasteiger partial charge in [0.1, 0.15) is 34.7 Å². The smallest absolute Gasteiger partial charge is 0.293 e. The van der Waals surface area contributed by atoms with E-state index in [1.807, 2.05) is 74.5 Å². The zero-order valence-electron chi connectivity index (χ0n) is 28.0. The molecular weight excluding hydrogens is 659 g/mol. The van der Waals surface area contributed by atoms with E-state index in [0.717, 1.165) is 11.1 Å². The molecule has 50 heavy (non-hydrogen) atoms. The Balaban J connectivity index is 1.38. The number of aromatic nitrogens is 3. The number of aryl methyl sites for hydroxylation is 1. The first-order valence-electron chi connectivity index (χ1n) is 16.2. The molecule has 3 atom stereocenters. The molecule has 5 aromatic rings. The van der Waals surface area contributed by atoms with Gasteiger partial charge < -0.3 is 29.8 Å². The third-order valence-electron chi connectivity index (χ3n) is 8.26. The molecule has 13 nitrogen and oxygen atoms in total. The molecule has 0 saturated heterocycles. The van der Waals surface area contributed by atoms with Gasteiger partial charge in [0.2, 0.25) is 17.6 Å². The topological polar surface area (TPSA) is 173 Å². The highest BCUT2D eigenvalue weighted by atomic mass is 32.1. The summed E-state index contributed by atoms with van der Waals surface area (Å²) < 4.78 is 11.4. The minimum atomic E-state index is -0.715. The van der Waals surface area contributed by atoms with Gasteiger partial charge in [0.05, 0.1) is 12.1 Å². The van der Waals surface area contributed by atoms with Crippen LogP contribution in [0.2, 0.25) is 0 Å². The third-order valence-corrected chi connectivity index (χ3v) is 9.29. The van der Waals surface area contributed by atoms with Crippen LogP contribution in [-0.2, 0) is 11.2 Å². The van der Waals surface area contributed by atoms with E-state index in [1.165, 1.54) is 22.3 Å². The molecule has 1 aliphatic heterocycles. The molecule has 0 radical (unpaired) electrons. The Morgan fingerprint density at radius 1 is 0.960 bits per heavy atom. The van der Waals surface area contributed by atoms with Crippen molar-refractivity contribution in [3.05, 3.63) is 111 Å². The normalized spacial score (nSPS) is 18.9. The number of benzene rings is 2. The quantitative estimate of drug-likeness (QED) is 0.231. The average molecular weight is 696 g/mol. The number of nitrogens with zero attached hydrogens (tertiary/aromatic N) is 4. The Bertz CT molecular complexity index is 1990. The molecule has 0 aliphatic carbocycles. The predicted molar refractivity (Wildman–Crippen MR) is 184 cm³/mol. The maximum Gasteiger partial charge on any atom is 0.293 e. The molecule has 6 rings (SSSR count). The molecule has 14 heteroatoms. The number of oxazole rings is 1. The summed E-state index contributed by atoms with van der Waals surface area (Å²) in [4.78, 5) is 65.1. The molecule has 258 valence electrons. The largest absolute Gasteiger partial charge is 0.443 e. The maximum atomic E-state index is 14.1. The first kappa shape index (κ1) is 34.2. The van der Waals surface area contributed by atoms with Crippen molar-refractivity contribution in [3.63, 3.8) is 0 Å². The molecule has 4 amide bonds. The summed E-state index contributed by atoms with van der Waals surface area (Å²) in [7, 11) is 0. The van der Waals surface area contributed by atoms with E-state index < -0.39 is 48.3 Å². The van der Waals surface area contributed by atoms with Gasteiger partial charge >= 0.3 is 0 Å². The van der Waals surface area contributed by atoms with Crippen LogP contribution >= 0.6 is 11.3 Å². The van der Waals surface area contributed by atoms with E-state index in [4.69, 9.17) is 8.94 Å². The summed E-state index contributed by atoms with van der Waals surface area (Å²) in [6.45, 7) is 6.71. The van der Waals surface area contributed by atoms with E-state index in [2.05, 4.69) is 31.1 Å². The number of hydrogen-bond donors (Lipinski definition) is 3. The lowest BCUT2D eigenvalue weighted by Gasteiger charge is -2.28.